The Morgan fingerprint density at radius 2 is 2.38 bits per heavy atom. The molecule has 0 aliphatic carbocycles. The second kappa shape index (κ2) is 4.44. The fourth-order valence-corrected chi connectivity index (χ4v) is 1.77. The van der Waals surface area contributed by atoms with Crippen molar-refractivity contribution >= 4 is 11.7 Å². The minimum Gasteiger partial charge on any atom is -0.364 e. The molecule has 1 aliphatic rings. The molecule has 86 valence electrons. The molecule has 0 spiro atoms. The Kier molecular flexibility index (Phi) is 3.00. The third kappa shape index (κ3) is 2.27. The average molecular weight is 221 g/mol. The van der Waals surface area contributed by atoms with Gasteiger partial charge in [0.1, 0.15) is 0 Å². The minimum atomic E-state index is -0.548. The van der Waals surface area contributed by atoms with E-state index in [1.807, 2.05) is 0 Å². The first-order chi connectivity index (χ1) is 7.66. The van der Waals surface area contributed by atoms with Crippen molar-refractivity contribution in [1.82, 2.24) is 15.5 Å². The maximum Gasteiger partial charge on any atom is 0.269 e. The molecule has 2 heterocycles. The number of hydrogen-bond donors (Lipinski definition) is 2. The van der Waals surface area contributed by atoms with Crippen LogP contribution in [0.2, 0.25) is 0 Å². The molecular formula is C10H15N5O. The number of amides is 1. The molecule has 0 radical (unpaired) electrons. The first kappa shape index (κ1) is 10.8. The summed E-state index contributed by atoms with van der Waals surface area (Å²) in [6.07, 6.45) is 0. The summed E-state index contributed by atoms with van der Waals surface area (Å²) in [6, 6.07) is 3.83. The van der Waals surface area contributed by atoms with Crippen LogP contribution in [0.1, 0.15) is 17.4 Å². The summed E-state index contributed by atoms with van der Waals surface area (Å²) in [6.45, 7) is 4.84. The molecule has 1 atom stereocenters. The number of carbonyl (C=O) groups excluding carboxylic acids is 1. The van der Waals surface area contributed by atoms with Crippen molar-refractivity contribution in [3.63, 3.8) is 0 Å². The van der Waals surface area contributed by atoms with Gasteiger partial charge in [-0.25, -0.2) is 0 Å². The normalized spacial score (nSPS) is 20.8. The topological polar surface area (TPSA) is 84.1 Å². The molecule has 16 heavy (non-hydrogen) atoms. The Morgan fingerprint density at radius 1 is 1.56 bits per heavy atom. The van der Waals surface area contributed by atoms with Gasteiger partial charge >= 0.3 is 0 Å². The highest BCUT2D eigenvalue weighted by Gasteiger charge is 2.17. The van der Waals surface area contributed by atoms with E-state index in [0.717, 1.165) is 25.5 Å². The molecule has 1 fully saturated rings. The largest absolute Gasteiger partial charge is 0.364 e. The fraction of sp³-hybridized carbons (Fsp3) is 0.500. The van der Waals surface area contributed by atoms with Gasteiger partial charge in [0.2, 0.25) is 0 Å². The molecule has 6 heteroatoms. The van der Waals surface area contributed by atoms with Crippen LogP contribution in [-0.4, -0.2) is 41.8 Å². The summed E-state index contributed by atoms with van der Waals surface area (Å²) in [5.74, 6) is 0.242. The van der Waals surface area contributed by atoms with Crippen LogP contribution in [0.3, 0.4) is 0 Å². The number of hydrogen-bond acceptors (Lipinski definition) is 5. The van der Waals surface area contributed by atoms with Crippen molar-refractivity contribution in [2.24, 2.45) is 5.73 Å². The lowest BCUT2D eigenvalue weighted by Crippen LogP contribution is -2.49. The van der Waals surface area contributed by atoms with Crippen LogP contribution in [0.5, 0.6) is 0 Å². The zero-order valence-electron chi connectivity index (χ0n) is 9.18. The number of piperazine rings is 1. The predicted molar refractivity (Wildman–Crippen MR) is 60.2 cm³/mol. The van der Waals surface area contributed by atoms with E-state index in [1.54, 1.807) is 12.1 Å². The first-order valence-corrected chi connectivity index (χ1v) is 5.28. The summed E-state index contributed by atoms with van der Waals surface area (Å²) in [5.41, 5.74) is 5.30. The van der Waals surface area contributed by atoms with E-state index < -0.39 is 5.91 Å². The molecule has 0 bridgehead atoms. The van der Waals surface area contributed by atoms with Crippen LogP contribution < -0.4 is 16.0 Å². The van der Waals surface area contributed by atoms with Gasteiger partial charge in [-0.3, -0.25) is 4.79 Å². The molecule has 1 aliphatic heterocycles. The SMILES string of the molecule is C[C@H]1CN(c2ccc(C(N)=O)nn2)CCN1. The first-order valence-electron chi connectivity index (χ1n) is 5.28. The summed E-state index contributed by atoms with van der Waals surface area (Å²) < 4.78 is 0. The lowest BCUT2D eigenvalue weighted by atomic mass is 10.2. The van der Waals surface area contributed by atoms with Crippen LogP contribution in [0.15, 0.2) is 12.1 Å². The molecule has 0 aromatic carbocycles. The van der Waals surface area contributed by atoms with E-state index in [2.05, 4.69) is 27.3 Å². The minimum absolute atomic E-state index is 0.201. The van der Waals surface area contributed by atoms with Crippen molar-refractivity contribution < 1.29 is 4.79 Å². The Bertz CT molecular complexity index is 377. The number of rotatable bonds is 2. The van der Waals surface area contributed by atoms with Crippen LogP contribution in [-0.2, 0) is 0 Å². The summed E-state index contributed by atoms with van der Waals surface area (Å²) in [4.78, 5) is 13.0. The van der Waals surface area contributed by atoms with Crippen LogP contribution in [0.25, 0.3) is 0 Å². The van der Waals surface area contributed by atoms with Gasteiger partial charge in [0.05, 0.1) is 0 Å². The van der Waals surface area contributed by atoms with Crippen molar-refractivity contribution in [2.45, 2.75) is 13.0 Å². The van der Waals surface area contributed by atoms with E-state index in [1.165, 1.54) is 0 Å². The van der Waals surface area contributed by atoms with Crippen molar-refractivity contribution in [2.75, 3.05) is 24.5 Å². The van der Waals surface area contributed by atoms with Crippen LogP contribution >= 0.6 is 0 Å². The average Bonchev–Trinajstić information content (AvgIpc) is 2.29. The lowest BCUT2D eigenvalue weighted by Gasteiger charge is -2.32. The fourth-order valence-electron chi connectivity index (χ4n) is 1.77. The molecule has 0 unspecified atom stereocenters. The predicted octanol–water partition coefficient (Wildman–Crippen LogP) is -0.626. The second-order valence-electron chi connectivity index (χ2n) is 3.94. The number of nitrogens with two attached hydrogens (primary N) is 1. The lowest BCUT2D eigenvalue weighted by molar-refractivity contribution is 0.0994. The number of anilines is 1. The summed E-state index contributed by atoms with van der Waals surface area (Å²) in [5, 5.41) is 11.1. The monoisotopic (exact) mass is 221 g/mol. The van der Waals surface area contributed by atoms with Crippen molar-refractivity contribution in [1.29, 1.82) is 0 Å². The standard InChI is InChI=1S/C10H15N5O/c1-7-6-15(5-4-12-7)9-3-2-8(10(11)16)13-14-9/h2-3,7,12H,4-6H2,1H3,(H2,11,16)/t7-/m0/s1. The number of primary amides is 1. The Hall–Kier alpha value is -1.69. The van der Waals surface area contributed by atoms with E-state index >= 15 is 0 Å². The molecule has 1 saturated heterocycles. The molecular weight excluding hydrogens is 206 g/mol. The number of carbonyl (C=O) groups is 1. The van der Waals surface area contributed by atoms with E-state index in [0.29, 0.717) is 6.04 Å². The number of nitrogens with one attached hydrogen (secondary N) is 1. The van der Waals surface area contributed by atoms with E-state index in [-0.39, 0.29) is 5.69 Å². The summed E-state index contributed by atoms with van der Waals surface area (Å²) >= 11 is 0. The highest BCUT2D eigenvalue weighted by atomic mass is 16.1. The van der Waals surface area contributed by atoms with Crippen LogP contribution in [0.4, 0.5) is 5.82 Å². The van der Waals surface area contributed by atoms with E-state index in [9.17, 15) is 4.79 Å². The Morgan fingerprint density at radius 3 is 2.94 bits per heavy atom. The van der Waals surface area contributed by atoms with Gasteiger partial charge in [-0.05, 0) is 19.1 Å². The summed E-state index contributed by atoms with van der Waals surface area (Å²) in [7, 11) is 0. The van der Waals surface area contributed by atoms with Gasteiger partial charge in [-0.15, -0.1) is 10.2 Å². The highest BCUT2D eigenvalue weighted by molar-refractivity contribution is 5.90. The maximum absolute atomic E-state index is 10.8. The van der Waals surface area contributed by atoms with Gasteiger partial charge in [-0.1, -0.05) is 0 Å². The molecule has 1 amide bonds. The Labute approximate surface area is 93.8 Å². The molecule has 1 aromatic rings. The zero-order chi connectivity index (χ0) is 11.5. The maximum atomic E-state index is 10.8. The third-order valence-corrected chi connectivity index (χ3v) is 2.60. The molecule has 0 saturated carbocycles. The van der Waals surface area contributed by atoms with Crippen molar-refractivity contribution in [3.05, 3.63) is 17.8 Å². The quantitative estimate of drug-likeness (QED) is 0.695. The van der Waals surface area contributed by atoms with Crippen LogP contribution in [0, 0.1) is 0 Å². The van der Waals surface area contributed by atoms with Gasteiger partial charge in [0.25, 0.3) is 5.91 Å². The molecule has 6 nitrogen and oxygen atoms in total. The van der Waals surface area contributed by atoms with E-state index in [4.69, 9.17) is 5.73 Å². The number of aromatic nitrogens is 2. The number of nitrogens with zero attached hydrogens (tertiary/aromatic N) is 3. The molecule has 3 N–H and O–H groups in total. The van der Waals surface area contributed by atoms with Crippen molar-refractivity contribution in [3.8, 4) is 0 Å². The van der Waals surface area contributed by atoms with Gasteiger partial charge in [0.15, 0.2) is 11.5 Å². The third-order valence-electron chi connectivity index (χ3n) is 2.60. The van der Waals surface area contributed by atoms with Gasteiger partial charge in [0, 0.05) is 25.7 Å². The molecule has 1 aromatic heterocycles. The highest BCUT2D eigenvalue weighted by Crippen LogP contribution is 2.11. The smallest absolute Gasteiger partial charge is 0.269 e. The van der Waals surface area contributed by atoms with Gasteiger partial charge < -0.3 is 16.0 Å². The Balaban J connectivity index is 2.11. The zero-order valence-corrected chi connectivity index (χ0v) is 9.18. The molecule has 2 rings (SSSR count). The second-order valence-corrected chi connectivity index (χ2v) is 3.94. The van der Waals surface area contributed by atoms with Gasteiger partial charge in [-0.2, -0.15) is 0 Å².